The molecule has 0 amide bonds. The molecule has 3 aromatic rings. The van der Waals surface area contributed by atoms with Crippen LogP contribution in [0.15, 0.2) is 57.7 Å². The molecule has 5 heteroatoms. The van der Waals surface area contributed by atoms with Gasteiger partial charge in [0.2, 0.25) is 0 Å². The molecule has 0 radical (unpaired) electrons. The highest BCUT2D eigenvalue weighted by molar-refractivity contribution is 6.32. The number of ether oxygens (including phenoxy) is 1. The second-order valence-electron chi connectivity index (χ2n) is 7.66. The van der Waals surface area contributed by atoms with Crippen LogP contribution in [0, 0.1) is 0 Å². The highest BCUT2D eigenvalue weighted by Crippen LogP contribution is 2.27. The molecule has 0 atom stereocenters. The molecule has 0 N–H and O–H groups in total. The van der Waals surface area contributed by atoms with Crippen molar-refractivity contribution in [3.05, 3.63) is 80.7 Å². The van der Waals surface area contributed by atoms with E-state index in [1.807, 2.05) is 37.3 Å². The summed E-state index contributed by atoms with van der Waals surface area (Å²) in [5, 5.41) is 1.65. The Morgan fingerprint density at radius 2 is 1.86 bits per heavy atom. The SMILES string of the molecule is CCc1cc2oc(=O)cc(CN3CCC(OCc4ccccc4)CC3)c2cc1Cl. The van der Waals surface area contributed by atoms with E-state index >= 15 is 0 Å². The number of hydrogen-bond acceptors (Lipinski definition) is 4. The van der Waals surface area contributed by atoms with E-state index in [0.717, 1.165) is 60.4 Å². The first-order valence-corrected chi connectivity index (χ1v) is 10.6. The van der Waals surface area contributed by atoms with E-state index in [2.05, 4.69) is 17.0 Å². The number of fused-ring (bicyclic) bond motifs is 1. The van der Waals surface area contributed by atoms with E-state index in [4.69, 9.17) is 20.8 Å². The molecule has 0 aliphatic carbocycles. The van der Waals surface area contributed by atoms with E-state index in [9.17, 15) is 4.79 Å². The standard InChI is InChI=1S/C24H26ClNO3/c1-2-18-12-23-21(14-22(18)25)19(13-24(27)29-23)15-26-10-8-20(9-11-26)28-16-17-6-4-3-5-7-17/h3-7,12-14,20H,2,8-11,15-16H2,1H3. The molecular weight excluding hydrogens is 386 g/mol. The van der Waals surface area contributed by atoms with E-state index < -0.39 is 0 Å². The van der Waals surface area contributed by atoms with Crippen LogP contribution in [0.2, 0.25) is 5.02 Å². The maximum atomic E-state index is 12.1. The molecule has 152 valence electrons. The van der Waals surface area contributed by atoms with Gasteiger partial charge in [0.25, 0.3) is 0 Å². The average molecular weight is 412 g/mol. The maximum Gasteiger partial charge on any atom is 0.336 e. The molecule has 1 aliphatic rings. The smallest absolute Gasteiger partial charge is 0.336 e. The van der Waals surface area contributed by atoms with Crippen LogP contribution in [0.25, 0.3) is 11.0 Å². The van der Waals surface area contributed by atoms with Crippen molar-refractivity contribution in [2.75, 3.05) is 13.1 Å². The van der Waals surface area contributed by atoms with Crippen LogP contribution in [0.1, 0.15) is 36.5 Å². The van der Waals surface area contributed by atoms with Gasteiger partial charge in [0.15, 0.2) is 0 Å². The Labute approximate surface area is 176 Å². The lowest BCUT2D eigenvalue weighted by atomic mass is 10.0. The van der Waals surface area contributed by atoms with Crippen molar-refractivity contribution < 1.29 is 9.15 Å². The minimum Gasteiger partial charge on any atom is -0.423 e. The van der Waals surface area contributed by atoms with Crippen molar-refractivity contribution in [1.29, 1.82) is 0 Å². The van der Waals surface area contributed by atoms with Crippen molar-refractivity contribution in [2.24, 2.45) is 0 Å². The van der Waals surface area contributed by atoms with Crippen LogP contribution >= 0.6 is 11.6 Å². The van der Waals surface area contributed by atoms with Crippen molar-refractivity contribution in [2.45, 2.75) is 45.4 Å². The van der Waals surface area contributed by atoms with Gasteiger partial charge < -0.3 is 9.15 Å². The van der Waals surface area contributed by atoms with Gasteiger partial charge in [-0.1, -0.05) is 48.9 Å². The molecule has 29 heavy (non-hydrogen) atoms. The molecule has 0 saturated carbocycles. The fraction of sp³-hybridized carbons (Fsp3) is 0.375. The molecule has 2 heterocycles. The topological polar surface area (TPSA) is 42.7 Å². The van der Waals surface area contributed by atoms with Crippen molar-refractivity contribution >= 4 is 22.6 Å². The second-order valence-corrected chi connectivity index (χ2v) is 8.06. The Bertz CT molecular complexity index is 1020. The van der Waals surface area contributed by atoms with Gasteiger partial charge in [-0.3, -0.25) is 4.90 Å². The number of aryl methyl sites for hydroxylation is 1. The number of benzene rings is 2. The van der Waals surface area contributed by atoms with Crippen molar-refractivity contribution in [3.63, 3.8) is 0 Å². The van der Waals surface area contributed by atoms with E-state index in [0.29, 0.717) is 12.2 Å². The quantitative estimate of drug-likeness (QED) is 0.523. The maximum absolute atomic E-state index is 12.1. The normalized spacial score (nSPS) is 15.8. The third kappa shape index (κ3) is 4.89. The van der Waals surface area contributed by atoms with Gasteiger partial charge in [-0.15, -0.1) is 0 Å². The lowest BCUT2D eigenvalue weighted by Crippen LogP contribution is -2.36. The van der Waals surface area contributed by atoms with Crippen LogP contribution in [0.3, 0.4) is 0 Å². The monoisotopic (exact) mass is 411 g/mol. The Morgan fingerprint density at radius 3 is 2.59 bits per heavy atom. The number of halogens is 1. The van der Waals surface area contributed by atoms with Crippen LogP contribution in [0.5, 0.6) is 0 Å². The number of rotatable bonds is 6. The summed E-state index contributed by atoms with van der Waals surface area (Å²) < 4.78 is 11.5. The van der Waals surface area contributed by atoms with Crippen LogP contribution in [0.4, 0.5) is 0 Å². The van der Waals surface area contributed by atoms with E-state index in [1.54, 1.807) is 6.07 Å². The zero-order chi connectivity index (χ0) is 20.2. The average Bonchev–Trinajstić information content (AvgIpc) is 2.74. The zero-order valence-corrected chi connectivity index (χ0v) is 17.5. The summed E-state index contributed by atoms with van der Waals surface area (Å²) in [4.78, 5) is 14.4. The molecule has 1 aromatic heterocycles. The summed E-state index contributed by atoms with van der Waals surface area (Å²) >= 11 is 6.41. The second kappa shape index (κ2) is 9.12. The van der Waals surface area contributed by atoms with Crippen LogP contribution in [-0.4, -0.2) is 24.1 Å². The molecule has 0 spiro atoms. The molecule has 0 bridgehead atoms. The fourth-order valence-electron chi connectivity index (χ4n) is 3.95. The van der Waals surface area contributed by atoms with E-state index in [1.165, 1.54) is 5.56 Å². The minimum absolute atomic E-state index is 0.283. The Balaban J connectivity index is 1.41. The number of hydrogen-bond donors (Lipinski definition) is 0. The van der Waals surface area contributed by atoms with Crippen molar-refractivity contribution in [3.8, 4) is 0 Å². The largest absolute Gasteiger partial charge is 0.423 e. The van der Waals surface area contributed by atoms with Gasteiger partial charge in [-0.05, 0) is 48.1 Å². The third-order valence-electron chi connectivity index (χ3n) is 5.64. The van der Waals surface area contributed by atoms with Crippen LogP contribution < -0.4 is 5.63 Å². The van der Waals surface area contributed by atoms with Crippen molar-refractivity contribution in [1.82, 2.24) is 4.90 Å². The molecule has 1 fully saturated rings. The molecule has 4 nitrogen and oxygen atoms in total. The van der Waals surface area contributed by atoms with E-state index in [-0.39, 0.29) is 11.7 Å². The predicted molar refractivity (Wildman–Crippen MR) is 116 cm³/mol. The first kappa shape index (κ1) is 20.1. The van der Waals surface area contributed by atoms with Gasteiger partial charge in [0.05, 0.1) is 12.7 Å². The summed E-state index contributed by atoms with van der Waals surface area (Å²) in [7, 11) is 0. The lowest BCUT2D eigenvalue weighted by Gasteiger charge is -2.32. The Kier molecular flexibility index (Phi) is 6.34. The fourth-order valence-corrected chi connectivity index (χ4v) is 4.25. The number of nitrogens with zero attached hydrogens (tertiary/aromatic N) is 1. The molecular formula is C24H26ClNO3. The molecule has 0 unspecified atom stereocenters. The van der Waals surface area contributed by atoms with Gasteiger partial charge in [0.1, 0.15) is 5.58 Å². The number of likely N-dealkylation sites (tertiary alicyclic amines) is 1. The number of piperidine rings is 1. The lowest BCUT2D eigenvalue weighted by molar-refractivity contribution is -0.00389. The molecule has 1 aliphatic heterocycles. The Morgan fingerprint density at radius 1 is 1.10 bits per heavy atom. The highest BCUT2D eigenvalue weighted by atomic mass is 35.5. The summed E-state index contributed by atoms with van der Waals surface area (Å²) in [5.41, 5.74) is 3.49. The van der Waals surface area contributed by atoms with Gasteiger partial charge >= 0.3 is 5.63 Å². The first-order valence-electron chi connectivity index (χ1n) is 10.3. The Hall–Kier alpha value is -2.14. The summed E-state index contributed by atoms with van der Waals surface area (Å²) in [6.45, 7) is 5.31. The summed E-state index contributed by atoms with van der Waals surface area (Å²) in [6.07, 6.45) is 3.07. The zero-order valence-electron chi connectivity index (χ0n) is 16.7. The van der Waals surface area contributed by atoms with Gasteiger partial charge in [-0.2, -0.15) is 0 Å². The van der Waals surface area contributed by atoms with Gasteiger partial charge in [0, 0.05) is 36.1 Å². The minimum atomic E-state index is -0.307. The predicted octanol–water partition coefficient (Wildman–Crippen LogP) is 5.19. The molecule has 4 rings (SSSR count). The summed E-state index contributed by atoms with van der Waals surface area (Å²) in [6, 6.07) is 15.7. The highest BCUT2D eigenvalue weighted by Gasteiger charge is 2.21. The van der Waals surface area contributed by atoms with Crippen LogP contribution in [-0.2, 0) is 24.3 Å². The molecule has 2 aromatic carbocycles. The molecule has 1 saturated heterocycles. The third-order valence-corrected chi connectivity index (χ3v) is 5.99. The first-order chi connectivity index (χ1) is 14.1. The van der Waals surface area contributed by atoms with Gasteiger partial charge in [-0.25, -0.2) is 4.79 Å². The summed E-state index contributed by atoms with van der Waals surface area (Å²) in [5.74, 6) is 0.